The van der Waals surface area contributed by atoms with Crippen LogP contribution >= 0.6 is 0 Å². The summed E-state index contributed by atoms with van der Waals surface area (Å²) in [5, 5.41) is 0. The maximum atomic E-state index is 11.3. The Morgan fingerprint density at radius 3 is 1.94 bits per heavy atom. The van der Waals surface area contributed by atoms with E-state index in [1.165, 1.54) is 25.7 Å². The summed E-state index contributed by atoms with van der Waals surface area (Å²) in [5.41, 5.74) is 0. The third-order valence-electron chi connectivity index (χ3n) is 2.94. The van der Waals surface area contributed by atoms with Crippen LogP contribution in [0.3, 0.4) is 0 Å². The fourth-order valence-electron chi connectivity index (χ4n) is 1.73. The molecular formula is C14H28N2O. The molecule has 0 saturated carbocycles. The molecule has 0 radical (unpaired) electrons. The van der Waals surface area contributed by atoms with Gasteiger partial charge >= 0.3 is 0 Å². The van der Waals surface area contributed by atoms with Gasteiger partial charge in [-0.25, -0.2) is 0 Å². The van der Waals surface area contributed by atoms with Gasteiger partial charge < -0.3 is 9.80 Å². The zero-order chi connectivity index (χ0) is 13.1. The van der Waals surface area contributed by atoms with E-state index in [0.29, 0.717) is 0 Å². The first-order chi connectivity index (χ1) is 8.15. The fourth-order valence-corrected chi connectivity index (χ4v) is 1.73. The van der Waals surface area contributed by atoms with Crippen molar-refractivity contribution in [1.82, 2.24) is 9.80 Å². The van der Waals surface area contributed by atoms with Crippen LogP contribution in [0.2, 0.25) is 0 Å². The Hall–Kier alpha value is -0.830. The number of unbranched alkanes of at least 4 members (excludes halogenated alkanes) is 2. The van der Waals surface area contributed by atoms with Crippen molar-refractivity contribution in [3.63, 3.8) is 0 Å². The molecule has 0 unspecified atom stereocenters. The lowest BCUT2D eigenvalue weighted by molar-refractivity contribution is -0.126. The quantitative estimate of drug-likeness (QED) is 0.586. The highest BCUT2D eigenvalue weighted by atomic mass is 16.2. The zero-order valence-electron chi connectivity index (χ0n) is 11.7. The van der Waals surface area contributed by atoms with Gasteiger partial charge in [-0.05, 0) is 32.1 Å². The Balaban J connectivity index is 4.02. The molecule has 0 bridgehead atoms. The van der Waals surface area contributed by atoms with Gasteiger partial charge in [0.1, 0.15) is 0 Å². The summed E-state index contributed by atoms with van der Waals surface area (Å²) in [6, 6.07) is 0. The molecule has 0 aromatic heterocycles. The minimum Gasteiger partial charge on any atom is -0.319 e. The van der Waals surface area contributed by atoms with E-state index in [1.54, 1.807) is 18.0 Å². The van der Waals surface area contributed by atoms with Gasteiger partial charge in [0, 0.05) is 20.0 Å². The molecule has 0 fully saturated rings. The van der Waals surface area contributed by atoms with Crippen molar-refractivity contribution in [2.75, 3.05) is 26.2 Å². The summed E-state index contributed by atoms with van der Waals surface area (Å²) >= 11 is 0. The van der Waals surface area contributed by atoms with E-state index in [2.05, 4.69) is 25.3 Å². The number of carbonyl (C=O) groups is 1. The molecule has 0 aliphatic rings. The summed E-state index contributed by atoms with van der Waals surface area (Å²) in [6.07, 6.45) is 6.54. The van der Waals surface area contributed by atoms with Gasteiger partial charge in [0.05, 0.1) is 0 Å². The molecule has 100 valence electrons. The standard InChI is InChI=1S/C14H28N2O/c1-5-8-10-15(11-9-6-2)12-13-16(7-3)14(4)17/h7H,3,5-6,8-13H2,1-2,4H3. The molecule has 0 spiro atoms. The van der Waals surface area contributed by atoms with Crippen molar-refractivity contribution < 1.29 is 4.79 Å². The van der Waals surface area contributed by atoms with Crippen LogP contribution in [0.15, 0.2) is 12.8 Å². The van der Waals surface area contributed by atoms with Crippen LogP contribution in [0, 0.1) is 0 Å². The van der Waals surface area contributed by atoms with E-state index in [0.717, 1.165) is 26.2 Å². The maximum absolute atomic E-state index is 11.3. The first kappa shape index (κ1) is 16.2. The highest BCUT2D eigenvalue weighted by Crippen LogP contribution is 2.00. The molecule has 1 amide bonds. The Labute approximate surface area is 106 Å². The van der Waals surface area contributed by atoms with Crippen LogP contribution in [0.5, 0.6) is 0 Å². The van der Waals surface area contributed by atoms with E-state index in [1.807, 2.05) is 0 Å². The second-order valence-electron chi connectivity index (χ2n) is 4.44. The number of carbonyl (C=O) groups excluding carboxylic acids is 1. The van der Waals surface area contributed by atoms with Gasteiger partial charge in [-0.1, -0.05) is 33.3 Å². The van der Waals surface area contributed by atoms with Crippen LogP contribution in [0.1, 0.15) is 46.5 Å². The van der Waals surface area contributed by atoms with Crippen molar-refractivity contribution in [1.29, 1.82) is 0 Å². The van der Waals surface area contributed by atoms with Crippen molar-refractivity contribution >= 4 is 5.91 Å². The third-order valence-corrected chi connectivity index (χ3v) is 2.94. The second-order valence-corrected chi connectivity index (χ2v) is 4.44. The van der Waals surface area contributed by atoms with Gasteiger partial charge in [-0.2, -0.15) is 0 Å². The molecule has 0 saturated heterocycles. The average Bonchev–Trinajstić information content (AvgIpc) is 2.31. The first-order valence-electron chi connectivity index (χ1n) is 6.77. The minimum absolute atomic E-state index is 0.0749. The summed E-state index contributed by atoms with van der Waals surface area (Å²) in [7, 11) is 0. The van der Waals surface area contributed by atoms with E-state index < -0.39 is 0 Å². The molecule has 0 aliphatic heterocycles. The fraction of sp³-hybridized carbons (Fsp3) is 0.786. The van der Waals surface area contributed by atoms with Crippen LogP contribution in [-0.4, -0.2) is 41.9 Å². The van der Waals surface area contributed by atoms with Gasteiger partial charge in [-0.3, -0.25) is 4.79 Å². The molecule has 0 heterocycles. The van der Waals surface area contributed by atoms with Gasteiger partial charge in [-0.15, -0.1) is 0 Å². The van der Waals surface area contributed by atoms with Crippen molar-refractivity contribution in [3.05, 3.63) is 12.8 Å². The van der Waals surface area contributed by atoms with E-state index >= 15 is 0 Å². The summed E-state index contributed by atoms with van der Waals surface area (Å²) in [5.74, 6) is 0.0749. The molecule has 0 aromatic rings. The summed E-state index contributed by atoms with van der Waals surface area (Å²) < 4.78 is 0. The van der Waals surface area contributed by atoms with Crippen LogP contribution in [-0.2, 0) is 4.79 Å². The molecule has 0 aromatic carbocycles. The van der Waals surface area contributed by atoms with Crippen molar-refractivity contribution in [2.45, 2.75) is 46.5 Å². The molecule has 0 atom stereocenters. The highest BCUT2D eigenvalue weighted by Gasteiger charge is 2.08. The van der Waals surface area contributed by atoms with E-state index in [9.17, 15) is 4.79 Å². The average molecular weight is 240 g/mol. The topological polar surface area (TPSA) is 23.6 Å². The largest absolute Gasteiger partial charge is 0.319 e. The van der Waals surface area contributed by atoms with Crippen LogP contribution in [0.4, 0.5) is 0 Å². The molecule has 0 N–H and O–H groups in total. The Bertz CT molecular complexity index is 208. The summed E-state index contributed by atoms with van der Waals surface area (Å²) in [4.78, 5) is 15.4. The predicted molar refractivity (Wildman–Crippen MR) is 73.8 cm³/mol. The lowest BCUT2D eigenvalue weighted by atomic mass is 10.2. The Morgan fingerprint density at radius 2 is 1.59 bits per heavy atom. The van der Waals surface area contributed by atoms with Crippen LogP contribution < -0.4 is 0 Å². The Kier molecular flexibility index (Phi) is 9.83. The molecule has 3 nitrogen and oxygen atoms in total. The number of rotatable bonds is 10. The van der Waals surface area contributed by atoms with Gasteiger partial charge in [0.25, 0.3) is 0 Å². The molecule has 0 rings (SSSR count). The maximum Gasteiger partial charge on any atom is 0.223 e. The highest BCUT2D eigenvalue weighted by molar-refractivity contribution is 5.74. The number of hydrogen-bond donors (Lipinski definition) is 0. The Morgan fingerprint density at radius 1 is 1.06 bits per heavy atom. The normalized spacial score (nSPS) is 10.6. The number of amides is 1. The SMILES string of the molecule is C=CN(CCN(CCCC)CCCC)C(C)=O. The molecule has 3 heteroatoms. The van der Waals surface area contributed by atoms with E-state index in [4.69, 9.17) is 0 Å². The van der Waals surface area contributed by atoms with Crippen molar-refractivity contribution in [2.24, 2.45) is 0 Å². The lowest BCUT2D eigenvalue weighted by Gasteiger charge is -2.25. The number of nitrogens with zero attached hydrogens (tertiary/aromatic N) is 2. The van der Waals surface area contributed by atoms with Gasteiger partial charge in [0.15, 0.2) is 0 Å². The summed E-state index contributed by atoms with van der Waals surface area (Å²) in [6.45, 7) is 13.7. The predicted octanol–water partition coefficient (Wildman–Crippen LogP) is 2.88. The molecule has 17 heavy (non-hydrogen) atoms. The smallest absolute Gasteiger partial charge is 0.223 e. The second kappa shape index (κ2) is 10.3. The monoisotopic (exact) mass is 240 g/mol. The first-order valence-corrected chi connectivity index (χ1v) is 6.77. The molecule has 0 aliphatic carbocycles. The third kappa shape index (κ3) is 7.97. The van der Waals surface area contributed by atoms with Gasteiger partial charge in [0.2, 0.25) is 5.91 Å². The van der Waals surface area contributed by atoms with Crippen molar-refractivity contribution in [3.8, 4) is 0 Å². The number of hydrogen-bond acceptors (Lipinski definition) is 2. The lowest BCUT2D eigenvalue weighted by Crippen LogP contribution is -2.35. The van der Waals surface area contributed by atoms with E-state index in [-0.39, 0.29) is 5.91 Å². The minimum atomic E-state index is 0.0749. The van der Waals surface area contributed by atoms with Crippen LogP contribution in [0.25, 0.3) is 0 Å². The zero-order valence-corrected chi connectivity index (χ0v) is 11.7. The molecular weight excluding hydrogens is 212 g/mol.